The fraction of sp³-hybridized carbons (Fsp3) is 0.0741. The van der Waals surface area contributed by atoms with Gasteiger partial charge in [0, 0.05) is 16.7 Å². The van der Waals surface area contributed by atoms with Crippen LogP contribution in [0.3, 0.4) is 0 Å². The van der Waals surface area contributed by atoms with Crippen LogP contribution in [0.4, 0.5) is 0 Å². The molecule has 1 N–H and O–H groups in total. The summed E-state index contributed by atoms with van der Waals surface area (Å²) in [6.45, 7) is 4.07. The Balaban J connectivity index is 1.65. The highest BCUT2D eigenvalue weighted by Gasteiger charge is 2.12. The number of rotatable bonds is 5. The van der Waals surface area contributed by atoms with Gasteiger partial charge in [0.2, 0.25) is 0 Å². The summed E-state index contributed by atoms with van der Waals surface area (Å²) < 4.78 is 0. The first-order valence-corrected chi connectivity index (χ1v) is 10.1. The van der Waals surface area contributed by atoms with E-state index in [0.29, 0.717) is 5.56 Å². The van der Waals surface area contributed by atoms with Crippen LogP contribution in [0.1, 0.15) is 27.0 Å². The Morgan fingerprint density at radius 3 is 1.94 bits per heavy atom. The molecule has 0 aliphatic carbocycles. The molecule has 1 heterocycles. The minimum absolute atomic E-state index is 0.281. The highest BCUT2D eigenvalue weighted by atomic mass is 16.2. The second-order valence-electron chi connectivity index (χ2n) is 7.47. The van der Waals surface area contributed by atoms with Crippen molar-refractivity contribution in [3.63, 3.8) is 0 Å². The Morgan fingerprint density at radius 1 is 0.774 bits per heavy atom. The Hall–Kier alpha value is -4.05. The lowest BCUT2D eigenvalue weighted by molar-refractivity contribution is 0.0955. The number of carbonyl (C=O) groups excluding carboxylic acids is 1. The number of pyridine rings is 1. The number of hydrogen-bond acceptors (Lipinski definition) is 3. The monoisotopic (exact) mass is 405 g/mol. The molecule has 0 bridgehead atoms. The van der Waals surface area contributed by atoms with E-state index in [9.17, 15) is 4.79 Å². The van der Waals surface area contributed by atoms with Gasteiger partial charge >= 0.3 is 0 Å². The lowest BCUT2D eigenvalue weighted by Crippen LogP contribution is -2.18. The fourth-order valence-corrected chi connectivity index (χ4v) is 3.17. The normalized spacial score (nSPS) is 10.9. The molecule has 4 rings (SSSR count). The maximum atomic E-state index is 12.9. The molecule has 152 valence electrons. The minimum atomic E-state index is -0.281. The van der Waals surface area contributed by atoms with Crippen molar-refractivity contribution in [2.24, 2.45) is 5.10 Å². The van der Waals surface area contributed by atoms with Gasteiger partial charge in [0.05, 0.1) is 17.6 Å². The summed E-state index contributed by atoms with van der Waals surface area (Å²) in [7, 11) is 0. The van der Waals surface area contributed by atoms with Crippen molar-refractivity contribution in [2.75, 3.05) is 0 Å². The zero-order chi connectivity index (χ0) is 21.6. The van der Waals surface area contributed by atoms with Crippen molar-refractivity contribution in [2.45, 2.75) is 13.8 Å². The SMILES string of the molecule is Cc1ccc(/C=N/NC(=O)c2cc(-c3ccccc3)nc(-c3ccc(C)cc3)c2)cc1. The third-order valence-electron chi connectivity index (χ3n) is 4.96. The molecule has 0 aliphatic rings. The summed E-state index contributed by atoms with van der Waals surface area (Å²) >= 11 is 0. The fourth-order valence-electron chi connectivity index (χ4n) is 3.17. The Morgan fingerprint density at radius 2 is 1.32 bits per heavy atom. The van der Waals surface area contributed by atoms with E-state index in [1.807, 2.05) is 92.7 Å². The molecule has 1 amide bonds. The predicted octanol–water partition coefficient (Wildman–Crippen LogP) is 5.80. The lowest BCUT2D eigenvalue weighted by Gasteiger charge is -2.09. The highest BCUT2D eigenvalue weighted by Crippen LogP contribution is 2.25. The van der Waals surface area contributed by atoms with Crippen molar-refractivity contribution >= 4 is 12.1 Å². The Labute approximate surface area is 182 Å². The van der Waals surface area contributed by atoms with Gasteiger partial charge < -0.3 is 0 Å². The summed E-state index contributed by atoms with van der Waals surface area (Å²) in [4.78, 5) is 17.7. The van der Waals surface area contributed by atoms with E-state index in [1.54, 1.807) is 18.3 Å². The van der Waals surface area contributed by atoms with E-state index < -0.39 is 0 Å². The zero-order valence-electron chi connectivity index (χ0n) is 17.5. The van der Waals surface area contributed by atoms with E-state index >= 15 is 0 Å². The number of benzene rings is 3. The molecule has 0 atom stereocenters. The van der Waals surface area contributed by atoms with Gasteiger partial charge in [0.1, 0.15) is 0 Å². The van der Waals surface area contributed by atoms with Crippen molar-refractivity contribution in [1.82, 2.24) is 10.4 Å². The highest BCUT2D eigenvalue weighted by molar-refractivity contribution is 5.97. The van der Waals surface area contributed by atoms with Crippen LogP contribution in [0, 0.1) is 13.8 Å². The molecule has 0 radical (unpaired) electrons. The van der Waals surface area contributed by atoms with Crippen LogP contribution in [-0.4, -0.2) is 17.1 Å². The second kappa shape index (κ2) is 9.18. The van der Waals surface area contributed by atoms with Gasteiger partial charge in [0.15, 0.2) is 0 Å². The molecule has 0 fully saturated rings. The van der Waals surface area contributed by atoms with Crippen LogP contribution in [0.5, 0.6) is 0 Å². The van der Waals surface area contributed by atoms with E-state index in [-0.39, 0.29) is 5.91 Å². The number of carbonyl (C=O) groups is 1. The smallest absolute Gasteiger partial charge is 0.267 e. The molecule has 0 saturated carbocycles. The first-order valence-electron chi connectivity index (χ1n) is 10.1. The van der Waals surface area contributed by atoms with Gasteiger partial charge in [0.25, 0.3) is 5.91 Å². The van der Waals surface area contributed by atoms with Gasteiger partial charge in [-0.15, -0.1) is 0 Å². The zero-order valence-corrected chi connectivity index (χ0v) is 17.5. The maximum Gasteiger partial charge on any atom is 0.271 e. The van der Waals surface area contributed by atoms with E-state index in [2.05, 4.69) is 10.5 Å². The molecule has 0 spiro atoms. The van der Waals surface area contributed by atoms with Gasteiger partial charge in [-0.3, -0.25) is 4.79 Å². The average Bonchev–Trinajstić information content (AvgIpc) is 2.81. The molecule has 4 aromatic rings. The van der Waals surface area contributed by atoms with Crippen molar-refractivity contribution in [3.05, 3.63) is 113 Å². The molecule has 0 aliphatic heterocycles. The third kappa shape index (κ3) is 5.11. The number of aryl methyl sites for hydroxylation is 2. The lowest BCUT2D eigenvalue weighted by atomic mass is 10.0. The summed E-state index contributed by atoms with van der Waals surface area (Å²) in [6.07, 6.45) is 1.64. The molecule has 31 heavy (non-hydrogen) atoms. The molecule has 4 heteroatoms. The largest absolute Gasteiger partial charge is 0.271 e. The first kappa shape index (κ1) is 20.2. The number of aromatic nitrogens is 1. The summed E-state index contributed by atoms with van der Waals surface area (Å²) in [6, 6.07) is 29.5. The van der Waals surface area contributed by atoms with Crippen LogP contribution in [-0.2, 0) is 0 Å². The number of hydrogen-bond donors (Lipinski definition) is 1. The number of hydrazone groups is 1. The molecule has 1 aromatic heterocycles. The Kier molecular flexibility index (Phi) is 5.99. The standard InChI is InChI=1S/C27H23N3O/c1-19-8-12-21(13-9-19)18-28-30-27(31)24-16-25(22-6-4-3-5-7-22)29-26(17-24)23-14-10-20(2)11-15-23/h3-18H,1-2H3,(H,30,31)/b28-18+. The molecular formula is C27H23N3O. The van der Waals surface area contributed by atoms with Crippen molar-refractivity contribution < 1.29 is 4.79 Å². The Bertz CT molecular complexity index is 1210. The summed E-state index contributed by atoms with van der Waals surface area (Å²) in [5.41, 5.74) is 9.80. The van der Waals surface area contributed by atoms with Crippen LogP contribution in [0.25, 0.3) is 22.5 Å². The molecule has 0 unspecified atom stereocenters. The van der Waals surface area contributed by atoms with Crippen LogP contribution in [0.15, 0.2) is 96.1 Å². The summed E-state index contributed by atoms with van der Waals surface area (Å²) in [5, 5.41) is 4.12. The van der Waals surface area contributed by atoms with Crippen LogP contribution in [0.2, 0.25) is 0 Å². The van der Waals surface area contributed by atoms with Crippen LogP contribution < -0.4 is 5.43 Å². The van der Waals surface area contributed by atoms with E-state index in [4.69, 9.17) is 4.98 Å². The van der Waals surface area contributed by atoms with Crippen LogP contribution >= 0.6 is 0 Å². The average molecular weight is 406 g/mol. The van der Waals surface area contributed by atoms with Crippen molar-refractivity contribution in [1.29, 1.82) is 0 Å². The first-order chi connectivity index (χ1) is 15.1. The quantitative estimate of drug-likeness (QED) is 0.337. The van der Waals surface area contributed by atoms with Gasteiger partial charge in [-0.2, -0.15) is 5.10 Å². The predicted molar refractivity (Wildman–Crippen MR) is 126 cm³/mol. The number of nitrogens with zero attached hydrogens (tertiary/aromatic N) is 2. The van der Waals surface area contributed by atoms with Gasteiger partial charge in [-0.05, 0) is 31.5 Å². The minimum Gasteiger partial charge on any atom is -0.267 e. The van der Waals surface area contributed by atoms with Crippen molar-refractivity contribution in [3.8, 4) is 22.5 Å². The van der Waals surface area contributed by atoms with Gasteiger partial charge in [-0.25, -0.2) is 10.4 Å². The molecular weight excluding hydrogens is 382 g/mol. The molecule has 4 nitrogen and oxygen atoms in total. The third-order valence-corrected chi connectivity index (χ3v) is 4.96. The molecule has 0 saturated heterocycles. The second-order valence-corrected chi connectivity index (χ2v) is 7.47. The maximum absolute atomic E-state index is 12.9. The molecule has 3 aromatic carbocycles. The number of amides is 1. The van der Waals surface area contributed by atoms with E-state index in [1.165, 1.54) is 11.1 Å². The van der Waals surface area contributed by atoms with Gasteiger partial charge in [-0.1, -0.05) is 90.0 Å². The topological polar surface area (TPSA) is 54.4 Å². The van der Waals surface area contributed by atoms with E-state index in [0.717, 1.165) is 28.1 Å². The summed E-state index contributed by atoms with van der Waals surface area (Å²) in [5.74, 6) is -0.281. The number of nitrogens with one attached hydrogen (secondary N) is 1.